The molecule has 4 nitrogen and oxygen atoms in total. The monoisotopic (exact) mass is 260 g/mol. The molecule has 0 bridgehead atoms. The number of hydrogen-bond donors (Lipinski definition) is 1. The van der Waals surface area contributed by atoms with Crippen LogP contribution in [0.15, 0.2) is 18.2 Å². The second-order valence-electron chi connectivity index (χ2n) is 5.38. The number of nitrogen functional groups attached to an aromatic ring is 1. The van der Waals surface area contributed by atoms with Crippen LogP contribution in [0.1, 0.15) is 35.2 Å². The molecule has 2 heterocycles. The van der Waals surface area contributed by atoms with E-state index in [9.17, 15) is 4.79 Å². The smallest absolute Gasteiger partial charge is 0.254 e. The molecule has 0 saturated carbocycles. The number of fused-ring (bicyclic) bond motifs is 1. The molecule has 0 aliphatic carbocycles. The van der Waals surface area contributed by atoms with Gasteiger partial charge in [0, 0.05) is 30.9 Å². The van der Waals surface area contributed by atoms with Gasteiger partial charge < -0.3 is 15.4 Å². The van der Waals surface area contributed by atoms with Crippen molar-refractivity contribution in [3.8, 4) is 0 Å². The Labute approximate surface area is 113 Å². The predicted octanol–water partition coefficient (Wildman–Crippen LogP) is 1.84. The number of nitrogens with two attached hydrogens (primary N) is 1. The van der Waals surface area contributed by atoms with E-state index in [2.05, 4.69) is 0 Å². The fourth-order valence-electron chi connectivity index (χ4n) is 2.92. The van der Waals surface area contributed by atoms with E-state index < -0.39 is 0 Å². The molecule has 0 spiro atoms. The average molecular weight is 260 g/mol. The highest BCUT2D eigenvalue weighted by Crippen LogP contribution is 2.23. The van der Waals surface area contributed by atoms with Crippen molar-refractivity contribution in [3.05, 3.63) is 29.3 Å². The number of carbonyl (C=O) groups is 1. The Bertz CT molecular complexity index is 481. The first-order valence-electron chi connectivity index (χ1n) is 7.03. The standard InChI is InChI=1S/C15H20N2O2/c16-12-4-3-11-5-7-17(15(18)14(11)10-12)8-6-13-2-1-9-19-13/h3-4,10,13H,1-2,5-9,16H2. The van der Waals surface area contributed by atoms with Gasteiger partial charge in [-0.2, -0.15) is 0 Å². The van der Waals surface area contributed by atoms with Gasteiger partial charge in [-0.15, -0.1) is 0 Å². The van der Waals surface area contributed by atoms with Crippen LogP contribution in [0.5, 0.6) is 0 Å². The highest BCUT2D eigenvalue weighted by Gasteiger charge is 2.25. The molecule has 1 unspecified atom stereocenters. The zero-order chi connectivity index (χ0) is 13.2. The molecular weight excluding hydrogens is 240 g/mol. The van der Waals surface area contributed by atoms with Crippen LogP contribution in [0.25, 0.3) is 0 Å². The van der Waals surface area contributed by atoms with Gasteiger partial charge in [0.1, 0.15) is 0 Å². The molecule has 1 aromatic rings. The highest BCUT2D eigenvalue weighted by atomic mass is 16.5. The van der Waals surface area contributed by atoms with Gasteiger partial charge in [-0.25, -0.2) is 0 Å². The molecule has 0 radical (unpaired) electrons. The number of anilines is 1. The van der Waals surface area contributed by atoms with E-state index in [1.54, 1.807) is 6.07 Å². The summed E-state index contributed by atoms with van der Waals surface area (Å²) < 4.78 is 5.61. The second kappa shape index (κ2) is 5.21. The highest BCUT2D eigenvalue weighted by molar-refractivity contribution is 5.97. The lowest BCUT2D eigenvalue weighted by molar-refractivity contribution is 0.0654. The van der Waals surface area contributed by atoms with Crippen LogP contribution in [0.4, 0.5) is 5.69 Å². The summed E-state index contributed by atoms with van der Waals surface area (Å²) in [6, 6.07) is 5.64. The quantitative estimate of drug-likeness (QED) is 0.844. The molecule has 1 saturated heterocycles. The van der Waals surface area contributed by atoms with E-state index in [0.29, 0.717) is 11.8 Å². The van der Waals surface area contributed by atoms with E-state index in [1.165, 1.54) is 0 Å². The lowest BCUT2D eigenvalue weighted by atomic mass is 9.98. The summed E-state index contributed by atoms with van der Waals surface area (Å²) in [6.45, 7) is 2.47. The van der Waals surface area contributed by atoms with E-state index in [0.717, 1.165) is 56.5 Å². The fourth-order valence-corrected chi connectivity index (χ4v) is 2.92. The maximum atomic E-state index is 12.4. The fraction of sp³-hybridized carbons (Fsp3) is 0.533. The molecular formula is C15H20N2O2. The van der Waals surface area contributed by atoms with Crippen LogP contribution >= 0.6 is 0 Å². The summed E-state index contributed by atoms with van der Waals surface area (Å²) >= 11 is 0. The van der Waals surface area contributed by atoms with Crippen LogP contribution in [-0.2, 0) is 11.2 Å². The van der Waals surface area contributed by atoms with Gasteiger partial charge in [-0.3, -0.25) is 4.79 Å². The van der Waals surface area contributed by atoms with Crippen LogP contribution in [0, 0.1) is 0 Å². The molecule has 1 fully saturated rings. The Morgan fingerprint density at radius 3 is 3.11 bits per heavy atom. The first kappa shape index (κ1) is 12.5. The van der Waals surface area contributed by atoms with Crippen LogP contribution < -0.4 is 5.73 Å². The Morgan fingerprint density at radius 2 is 2.32 bits per heavy atom. The second-order valence-corrected chi connectivity index (χ2v) is 5.38. The maximum Gasteiger partial charge on any atom is 0.254 e. The third kappa shape index (κ3) is 2.59. The van der Waals surface area contributed by atoms with E-state index in [-0.39, 0.29) is 5.91 Å². The third-order valence-electron chi connectivity index (χ3n) is 4.05. The van der Waals surface area contributed by atoms with Gasteiger partial charge in [0.15, 0.2) is 0 Å². The molecule has 0 aromatic heterocycles. The van der Waals surface area contributed by atoms with Crippen molar-refractivity contribution in [2.24, 2.45) is 0 Å². The van der Waals surface area contributed by atoms with Gasteiger partial charge in [-0.1, -0.05) is 6.07 Å². The molecule has 1 atom stereocenters. The number of ether oxygens (including phenoxy) is 1. The minimum absolute atomic E-state index is 0.117. The van der Waals surface area contributed by atoms with Crippen LogP contribution in [0.3, 0.4) is 0 Å². The van der Waals surface area contributed by atoms with Crippen molar-refractivity contribution in [3.63, 3.8) is 0 Å². The summed E-state index contributed by atoms with van der Waals surface area (Å²) in [4.78, 5) is 14.3. The predicted molar refractivity (Wildman–Crippen MR) is 74.1 cm³/mol. The number of amides is 1. The maximum absolute atomic E-state index is 12.4. The van der Waals surface area contributed by atoms with Gasteiger partial charge in [-0.05, 0) is 43.4 Å². The van der Waals surface area contributed by atoms with Crippen molar-refractivity contribution in [2.45, 2.75) is 31.8 Å². The van der Waals surface area contributed by atoms with Crippen LogP contribution in [-0.4, -0.2) is 36.6 Å². The third-order valence-corrected chi connectivity index (χ3v) is 4.05. The molecule has 2 aliphatic heterocycles. The Balaban J connectivity index is 1.66. The number of hydrogen-bond acceptors (Lipinski definition) is 3. The number of rotatable bonds is 3. The van der Waals surface area contributed by atoms with Crippen LogP contribution in [0.2, 0.25) is 0 Å². The van der Waals surface area contributed by atoms with E-state index >= 15 is 0 Å². The molecule has 2 aliphatic rings. The molecule has 4 heteroatoms. The van der Waals surface area contributed by atoms with Gasteiger partial charge in [0.25, 0.3) is 5.91 Å². The molecule has 1 aromatic carbocycles. The molecule has 19 heavy (non-hydrogen) atoms. The van der Waals surface area contributed by atoms with Crippen molar-refractivity contribution in [2.75, 3.05) is 25.4 Å². The minimum atomic E-state index is 0.117. The zero-order valence-corrected chi connectivity index (χ0v) is 11.1. The molecule has 1 amide bonds. The molecule has 2 N–H and O–H groups in total. The van der Waals surface area contributed by atoms with Crippen molar-refractivity contribution in [1.29, 1.82) is 0 Å². The van der Waals surface area contributed by atoms with Crippen molar-refractivity contribution < 1.29 is 9.53 Å². The largest absolute Gasteiger partial charge is 0.399 e. The molecule has 102 valence electrons. The van der Waals surface area contributed by atoms with Gasteiger partial charge >= 0.3 is 0 Å². The first-order valence-corrected chi connectivity index (χ1v) is 7.03. The van der Waals surface area contributed by atoms with Crippen molar-refractivity contribution in [1.82, 2.24) is 4.90 Å². The lowest BCUT2D eigenvalue weighted by Gasteiger charge is -2.29. The normalized spacial score (nSPS) is 22.6. The van der Waals surface area contributed by atoms with Gasteiger partial charge in [0.2, 0.25) is 0 Å². The number of carbonyl (C=O) groups excluding carboxylic acids is 1. The first-order chi connectivity index (χ1) is 9.24. The summed E-state index contributed by atoms with van der Waals surface area (Å²) in [5.41, 5.74) is 8.33. The zero-order valence-electron chi connectivity index (χ0n) is 11.1. The summed E-state index contributed by atoms with van der Waals surface area (Å²) in [7, 11) is 0. The Morgan fingerprint density at radius 1 is 1.42 bits per heavy atom. The SMILES string of the molecule is Nc1ccc2c(c1)C(=O)N(CCC1CCCO1)CC2. The Hall–Kier alpha value is -1.55. The van der Waals surface area contributed by atoms with Gasteiger partial charge in [0.05, 0.1) is 6.10 Å². The Kier molecular flexibility index (Phi) is 3.42. The molecule has 3 rings (SSSR count). The number of benzene rings is 1. The van der Waals surface area contributed by atoms with Crippen molar-refractivity contribution >= 4 is 11.6 Å². The average Bonchev–Trinajstić information content (AvgIpc) is 2.92. The summed E-state index contributed by atoms with van der Waals surface area (Å²) in [6.07, 6.45) is 4.50. The summed E-state index contributed by atoms with van der Waals surface area (Å²) in [5, 5.41) is 0. The summed E-state index contributed by atoms with van der Waals surface area (Å²) in [5.74, 6) is 0.117. The van der Waals surface area contributed by atoms with E-state index in [4.69, 9.17) is 10.5 Å². The van der Waals surface area contributed by atoms with E-state index in [1.807, 2.05) is 17.0 Å². The number of nitrogens with zero attached hydrogens (tertiary/aromatic N) is 1. The minimum Gasteiger partial charge on any atom is -0.399 e. The lowest BCUT2D eigenvalue weighted by Crippen LogP contribution is -2.39. The topological polar surface area (TPSA) is 55.6 Å².